The van der Waals surface area contributed by atoms with Crippen molar-refractivity contribution in [1.29, 1.82) is 0 Å². The van der Waals surface area contributed by atoms with E-state index in [1.807, 2.05) is 6.92 Å². The van der Waals surface area contributed by atoms with E-state index < -0.39 is 0 Å². The van der Waals surface area contributed by atoms with Crippen LogP contribution in [0.1, 0.15) is 26.2 Å². The zero-order valence-electron chi connectivity index (χ0n) is 11.5. The van der Waals surface area contributed by atoms with Crippen LogP contribution in [-0.4, -0.2) is 24.6 Å². The molecule has 5 nitrogen and oxygen atoms in total. The van der Waals surface area contributed by atoms with Gasteiger partial charge in [0.1, 0.15) is 11.8 Å². The molecule has 1 saturated heterocycles. The number of nitrogens with zero attached hydrogens (tertiary/aromatic N) is 1. The van der Waals surface area contributed by atoms with Crippen molar-refractivity contribution in [1.82, 2.24) is 5.32 Å². The van der Waals surface area contributed by atoms with Gasteiger partial charge in [-0.25, -0.2) is 9.69 Å². The number of amides is 3. The number of nitrogens with one attached hydrogen (secondary N) is 1. The number of rotatable bonds is 5. The van der Waals surface area contributed by atoms with Crippen molar-refractivity contribution in [3.05, 3.63) is 24.3 Å². The Hall–Kier alpha value is -2.04. The molecule has 1 aromatic rings. The Balaban J connectivity index is 1.74. The molecule has 3 rings (SSSR count). The molecule has 0 aromatic heterocycles. The van der Waals surface area contributed by atoms with E-state index in [2.05, 4.69) is 5.32 Å². The fraction of sp³-hybridized carbons (Fsp3) is 0.467. The van der Waals surface area contributed by atoms with Gasteiger partial charge in [0.25, 0.3) is 5.91 Å². The van der Waals surface area contributed by atoms with E-state index >= 15 is 0 Å². The lowest BCUT2D eigenvalue weighted by atomic mass is 10.1. The third-order valence-corrected chi connectivity index (χ3v) is 3.69. The van der Waals surface area contributed by atoms with Crippen molar-refractivity contribution >= 4 is 17.6 Å². The molecule has 106 valence electrons. The van der Waals surface area contributed by atoms with Gasteiger partial charge in [0.2, 0.25) is 0 Å². The van der Waals surface area contributed by atoms with Gasteiger partial charge in [0.05, 0.1) is 12.3 Å². The van der Waals surface area contributed by atoms with Crippen LogP contribution in [0.2, 0.25) is 0 Å². The molecule has 1 aromatic carbocycles. The summed E-state index contributed by atoms with van der Waals surface area (Å²) in [6, 6.07) is 6.33. The molecule has 1 atom stereocenters. The normalized spacial score (nSPS) is 22.1. The van der Waals surface area contributed by atoms with Crippen molar-refractivity contribution in [3.8, 4) is 5.75 Å². The van der Waals surface area contributed by atoms with Gasteiger partial charge in [-0.05, 0) is 43.5 Å². The molecule has 1 saturated carbocycles. The third kappa shape index (κ3) is 2.48. The molecule has 5 heteroatoms. The third-order valence-electron chi connectivity index (χ3n) is 3.69. The molecule has 1 aliphatic carbocycles. The van der Waals surface area contributed by atoms with E-state index in [9.17, 15) is 9.59 Å². The van der Waals surface area contributed by atoms with E-state index in [1.165, 1.54) is 17.7 Å². The fourth-order valence-corrected chi connectivity index (χ4v) is 2.48. The number of urea groups is 1. The number of carbonyl (C=O) groups is 2. The van der Waals surface area contributed by atoms with E-state index in [-0.39, 0.29) is 18.0 Å². The Labute approximate surface area is 117 Å². The van der Waals surface area contributed by atoms with Crippen LogP contribution in [0.5, 0.6) is 5.75 Å². The van der Waals surface area contributed by atoms with Gasteiger partial charge in [-0.1, -0.05) is 12.8 Å². The fourth-order valence-electron chi connectivity index (χ4n) is 2.48. The van der Waals surface area contributed by atoms with Crippen molar-refractivity contribution < 1.29 is 14.3 Å². The quantitative estimate of drug-likeness (QED) is 0.838. The maximum absolute atomic E-state index is 12.3. The van der Waals surface area contributed by atoms with Crippen LogP contribution in [0, 0.1) is 5.92 Å². The second-order valence-corrected chi connectivity index (χ2v) is 5.28. The highest BCUT2D eigenvalue weighted by Crippen LogP contribution is 2.35. The summed E-state index contributed by atoms with van der Waals surface area (Å²) in [5, 5.41) is 2.77. The van der Waals surface area contributed by atoms with Crippen LogP contribution < -0.4 is 15.0 Å². The summed E-state index contributed by atoms with van der Waals surface area (Å²) in [6.45, 7) is 2.50. The minimum atomic E-state index is -0.360. The molecule has 2 aliphatic rings. The number of hydrogen-bond donors (Lipinski definition) is 1. The number of ether oxygens (including phenoxy) is 1. The first-order chi connectivity index (χ1) is 9.69. The molecule has 0 spiro atoms. The number of carbonyl (C=O) groups excluding carboxylic acids is 2. The van der Waals surface area contributed by atoms with Crippen LogP contribution in [0.4, 0.5) is 10.5 Å². The smallest absolute Gasteiger partial charge is 0.329 e. The van der Waals surface area contributed by atoms with E-state index in [0.717, 1.165) is 12.2 Å². The molecule has 2 fully saturated rings. The Bertz CT molecular complexity index is 522. The summed E-state index contributed by atoms with van der Waals surface area (Å²) >= 11 is 0. The zero-order chi connectivity index (χ0) is 14.1. The molecule has 1 heterocycles. The first kappa shape index (κ1) is 13.0. The van der Waals surface area contributed by atoms with Crippen LogP contribution in [-0.2, 0) is 4.79 Å². The molecular formula is C15H18N2O3. The second-order valence-electron chi connectivity index (χ2n) is 5.28. The molecular weight excluding hydrogens is 256 g/mol. The van der Waals surface area contributed by atoms with Crippen molar-refractivity contribution in [2.45, 2.75) is 32.2 Å². The van der Waals surface area contributed by atoms with Crippen molar-refractivity contribution in [3.63, 3.8) is 0 Å². The molecule has 1 aliphatic heterocycles. The monoisotopic (exact) mass is 274 g/mol. The van der Waals surface area contributed by atoms with Crippen molar-refractivity contribution in [2.75, 3.05) is 11.5 Å². The van der Waals surface area contributed by atoms with Crippen LogP contribution in [0.25, 0.3) is 0 Å². The summed E-state index contributed by atoms with van der Waals surface area (Å²) in [7, 11) is 0. The highest BCUT2D eigenvalue weighted by atomic mass is 16.5. The highest BCUT2D eigenvalue weighted by molar-refractivity contribution is 6.21. The van der Waals surface area contributed by atoms with Gasteiger partial charge < -0.3 is 10.1 Å². The molecule has 0 bridgehead atoms. The zero-order valence-corrected chi connectivity index (χ0v) is 11.5. The van der Waals surface area contributed by atoms with Crippen LogP contribution in [0.15, 0.2) is 24.3 Å². The first-order valence-electron chi connectivity index (χ1n) is 7.06. The molecule has 1 N–H and O–H groups in total. The molecule has 0 radical (unpaired) electrons. The summed E-state index contributed by atoms with van der Waals surface area (Å²) in [5.74, 6) is 1.19. The van der Waals surface area contributed by atoms with E-state index in [1.54, 1.807) is 24.3 Å². The van der Waals surface area contributed by atoms with Crippen LogP contribution in [0.3, 0.4) is 0 Å². The highest BCUT2D eigenvalue weighted by Gasteiger charge is 2.41. The van der Waals surface area contributed by atoms with Gasteiger partial charge in [-0.15, -0.1) is 0 Å². The molecule has 3 amide bonds. The van der Waals surface area contributed by atoms with E-state index in [4.69, 9.17) is 4.74 Å². The predicted octanol–water partition coefficient (Wildman–Crippen LogP) is 2.31. The maximum Gasteiger partial charge on any atom is 0.329 e. The van der Waals surface area contributed by atoms with Gasteiger partial charge in [0.15, 0.2) is 0 Å². The lowest BCUT2D eigenvalue weighted by molar-refractivity contribution is -0.118. The Morgan fingerprint density at radius 3 is 2.55 bits per heavy atom. The van der Waals surface area contributed by atoms with Crippen LogP contribution >= 0.6 is 0 Å². The summed E-state index contributed by atoms with van der Waals surface area (Å²) in [4.78, 5) is 25.5. The predicted molar refractivity (Wildman–Crippen MR) is 74.8 cm³/mol. The molecule has 1 unspecified atom stereocenters. The van der Waals surface area contributed by atoms with Gasteiger partial charge >= 0.3 is 6.03 Å². The number of benzene rings is 1. The number of anilines is 1. The largest absolute Gasteiger partial charge is 0.494 e. The first-order valence-corrected chi connectivity index (χ1v) is 7.06. The average molecular weight is 274 g/mol. The minimum Gasteiger partial charge on any atom is -0.494 e. The lowest BCUT2D eigenvalue weighted by Crippen LogP contribution is -2.31. The average Bonchev–Trinajstić information content (AvgIpc) is 3.19. The van der Waals surface area contributed by atoms with Gasteiger partial charge in [-0.2, -0.15) is 0 Å². The minimum absolute atomic E-state index is 0.147. The topological polar surface area (TPSA) is 58.6 Å². The SMILES string of the molecule is CCOc1ccc(N2C(=O)NC(CC3CC3)C2=O)cc1. The summed E-state index contributed by atoms with van der Waals surface area (Å²) in [6.07, 6.45) is 3.10. The van der Waals surface area contributed by atoms with Gasteiger partial charge in [0, 0.05) is 0 Å². The number of imide groups is 1. The van der Waals surface area contributed by atoms with Gasteiger partial charge in [-0.3, -0.25) is 4.79 Å². The summed E-state index contributed by atoms with van der Waals surface area (Å²) in [5.41, 5.74) is 0.592. The van der Waals surface area contributed by atoms with Crippen molar-refractivity contribution in [2.24, 2.45) is 5.92 Å². The Kier molecular flexibility index (Phi) is 3.34. The Morgan fingerprint density at radius 1 is 1.25 bits per heavy atom. The summed E-state index contributed by atoms with van der Waals surface area (Å²) < 4.78 is 5.36. The van der Waals surface area contributed by atoms with E-state index in [0.29, 0.717) is 18.2 Å². The molecule has 20 heavy (non-hydrogen) atoms. The second kappa shape index (κ2) is 5.15. The lowest BCUT2D eigenvalue weighted by Gasteiger charge is -2.13. The Morgan fingerprint density at radius 2 is 1.95 bits per heavy atom. The maximum atomic E-state index is 12.3. The standard InChI is InChI=1S/C15H18N2O3/c1-2-20-12-7-5-11(6-8-12)17-14(18)13(16-15(17)19)9-10-3-4-10/h5-8,10,13H,2-4,9H2,1H3,(H,16,19). The number of hydrogen-bond acceptors (Lipinski definition) is 3.